The number of nitrogens with zero attached hydrogens (tertiary/aromatic N) is 1. The van der Waals surface area contributed by atoms with E-state index in [1.54, 1.807) is 38.3 Å². The molecule has 2 amide bonds. The Labute approximate surface area is 207 Å². The maximum atomic E-state index is 12.8. The first-order valence-corrected chi connectivity index (χ1v) is 11.4. The molecule has 1 heterocycles. The number of para-hydroxylation sites is 1. The van der Waals surface area contributed by atoms with Crippen LogP contribution in [0.15, 0.2) is 64.1 Å². The number of methoxy groups -OCH3 is 1. The molecule has 3 aromatic rings. The lowest BCUT2D eigenvalue weighted by atomic mass is 9.93. The van der Waals surface area contributed by atoms with Crippen LogP contribution in [-0.2, 0) is 6.42 Å². The first kappa shape index (κ1) is 24.0. The summed E-state index contributed by atoms with van der Waals surface area (Å²) < 4.78 is 10.9. The van der Waals surface area contributed by atoms with Crippen LogP contribution in [0.2, 0.25) is 0 Å². The van der Waals surface area contributed by atoms with Crippen molar-refractivity contribution in [3.05, 3.63) is 82.8 Å². The molecule has 2 aromatic carbocycles. The van der Waals surface area contributed by atoms with Gasteiger partial charge in [0.05, 0.1) is 12.8 Å². The fourth-order valence-corrected chi connectivity index (χ4v) is 3.94. The summed E-state index contributed by atoms with van der Waals surface area (Å²) >= 11 is 5.33. The Morgan fingerprint density at radius 3 is 2.43 bits per heavy atom. The first-order chi connectivity index (χ1) is 17.0. The second-order valence-corrected chi connectivity index (χ2v) is 8.24. The highest BCUT2D eigenvalue weighted by molar-refractivity contribution is 7.80. The lowest BCUT2D eigenvalue weighted by Gasteiger charge is -2.14. The highest BCUT2D eigenvalue weighted by Crippen LogP contribution is 2.29. The van der Waals surface area contributed by atoms with Crippen LogP contribution in [0.25, 0.3) is 0 Å². The molecule has 35 heavy (non-hydrogen) atoms. The number of furan rings is 1. The minimum atomic E-state index is -0.549. The van der Waals surface area contributed by atoms with Gasteiger partial charge in [0.2, 0.25) is 0 Å². The van der Waals surface area contributed by atoms with Crippen LogP contribution in [-0.4, -0.2) is 29.7 Å². The Hall–Kier alpha value is -4.18. The normalized spacial score (nSPS) is 13.5. The van der Waals surface area contributed by atoms with Crippen molar-refractivity contribution < 1.29 is 18.7 Å². The molecule has 1 aliphatic carbocycles. The number of rotatable bonds is 5. The number of thiocarbonyl (C=S) groups is 1. The number of benzene rings is 2. The first-order valence-electron chi connectivity index (χ1n) is 11.0. The Kier molecular flexibility index (Phi) is 7.41. The van der Waals surface area contributed by atoms with Crippen molar-refractivity contribution >= 4 is 40.5 Å². The number of hydrogen-bond acceptors (Lipinski definition) is 6. The Morgan fingerprint density at radius 2 is 1.71 bits per heavy atom. The zero-order valence-electron chi connectivity index (χ0n) is 19.3. The van der Waals surface area contributed by atoms with Gasteiger partial charge in [-0.15, -0.1) is 0 Å². The Morgan fingerprint density at radius 1 is 1.00 bits per heavy atom. The standard InChI is InChI=1S/C25H25N5O4S/c1-15-21-19(27-30-25(35)26-17-7-4-3-5-8-17)9-6-10-20(21)34-22(15)24(32)29-28-23(31)16-11-13-18(33-2)14-12-16/h3-5,7-8,11-14H,6,9-10H2,1-2H3,(H,28,31)(H,29,32)(H2,26,30,35)/b27-19+. The van der Waals surface area contributed by atoms with Crippen molar-refractivity contribution in [2.24, 2.45) is 5.10 Å². The molecule has 0 radical (unpaired) electrons. The highest BCUT2D eigenvalue weighted by Gasteiger charge is 2.28. The van der Waals surface area contributed by atoms with Gasteiger partial charge in [-0.3, -0.25) is 25.9 Å². The van der Waals surface area contributed by atoms with E-state index in [1.807, 2.05) is 30.3 Å². The lowest BCUT2D eigenvalue weighted by molar-refractivity contribution is 0.0829. The number of hydrogen-bond donors (Lipinski definition) is 4. The SMILES string of the molecule is COc1ccc(C(=O)NNC(=O)c2oc3c(c2C)/C(=N/NC(=S)Nc2ccccc2)CCC3)cc1. The van der Waals surface area contributed by atoms with E-state index in [2.05, 4.69) is 26.7 Å². The van der Waals surface area contributed by atoms with Gasteiger partial charge in [-0.1, -0.05) is 18.2 Å². The molecular formula is C25H25N5O4S. The number of ether oxygens (including phenoxy) is 1. The zero-order valence-corrected chi connectivity index (χ0v) is 20.1. The zero-order chi connectivity index (χ0) is 24.8. The van der Waals surface area contributed by atoms with Crippen molar-refractivity contribution in [3.8, 4) is 5.75 Å². The summed E-state index contributed by atoms with van der Waals surface area (Å²) in [5.41, 5.74) is 11.1. The lowest BCUT2D eigenvalue weighted by Crippen LogP contribution is -2.41. The van der Waals surface area contributed by atoms with Gasteiger partial charge in [-0.2, -0.15) is 5.10 Å². The van der Waals surface area contributed by atoms with Crippen LogP contribution in [0, 0.1) is 6.92 Å². The maximum Gasteiger partial charge on any atom is 0.305 e. The summed E-state index contributed by atoms with van der Waals surface area (Å²) in [6, 6.07) is 16.1. The number of hydrazine groups is 1. The number of anilines is 1. The van der Waals surface area contributed by atoms with Gasteiger partial charge in [0.1, 0.15) is 11.5 Å². The molecule has 1 aromatic heterocycles. The summed E-state index contributed by atoms with van der Waals surface area (Å²) in [5, 5.41) is 7.90. The average Bonchev–Trinajstić information content (AvgIpc) is 3.23. The summed E-state index contributed by atoms with van der Waals surface area (Å²) in [5.74, 6) is 0.437. The molecule has 9 nitrogen and oxygen atoms in total. The van der Waals surface area contributed by atoms with Crippen LogP contribution in [0.5, 0.6) is 5.75 Å². The van der Waals surface area contributed by atoms with Crippen LogP contribution in [0.3, 0.4) is 0 Å². The molecule has 1 aliphatic rings. The molecular weight excluding hydrogens is 466 g/mol. The molecule has 0 saturated heterocycles. The number of amides is 2. The minimum Gasteiger partial charge on any atom is -0.497 e. The summed E-state index contributed by atoms with van der Waals surface area (Å²) in [4.78, 5) is 25.1. The summed E-state index contributed by atoms with van der Waals surface area (Å²) in [7, 11) is 1.54. The van der Waals surface area contributed by atoms with Crippen LogP contribution in [0.1, 0.15) is 50.6 Å². The van der Waals surface area contributed by atoms with Gasteiger partial charge < -0.3 is 14.5 Å². The smallest absolute Gasteiger partial charge is 0.305 e. The highest BCUT2D eigenvalue weighted by atomic mass is 32.1. The van der Waals surface area contributed by atoms with Crippen LogP contribution >= 0.6 is 12.2 Å². The van der Waals surface area contributed by atoms with Gasteiger partial charge in [0.25, 0.3) is 5.91 Å². The largest absolute Gasteiger partial charge is 0.497 e. The van der Waals surface area contributed by atoms with Gasteiger partial charge in [0, 0.05) is 28.8 Å². The molecule has 0 fully saturated rings. The van der Waals surface area contributed by atoms with Crippen molar-refractivity contribution in [2.75, 3.05) is 12.4 Å². The molecule has 0 aliphatic heterocycles. The number of aryl methyl sites for hydroxylation is 1. The quantitative estimate of drug-likeness (QED) is 0.318. The number of carbonyl (C=O) groups is 2. The topological polar surface area (TPSA) is 117 Å². The van der Waals surface area contributed by atoms with E-state index in [-0.39, 0.29) is 5.76 Å². The fourth-order valence-electron chi connectivity index (χ4n) is 3.78. The van der Waals surface area contributed by atoms with Crippen LogP contribution < -0.4 is 26.3 Å². The van der Waals surface area contributed by atoms with E-state index < -0.39 is 11.8 Å². The van der Waals surface area contributed by atoms with Gasteiger partial charge in [-0.25, -0.2) is 0 Å². The number of nitrogens with one attached hydrogen (secondary N) is 4. The van der Waals surface area contributed by atoms with E-state index in [1.165, 1.54) is 0 Å². The molecule has 0 spiro atoms. The van der Waals surface area contributed by atoms with E-state index in [4.69, 9.17) is 21.4 Å². The van der Waals surface area contributed by atoms with Crippen molar-refractivity contribution in [3.63, 3.8) is 0 Å². The molecule has 4 N–H and O–H groups in total. The molecule has 0 bridgehead atoms. The predicted octanol–water partition coefficient (Wildman–Crippen LogP) is 3.70. The second kappa shape index (κ2) is 10.8. The van der Waals surface area contributed by atoms with Gasteiger partial charge in [-0.05, 0) is 68.4 Å². The summed E-state index contributed by atoms with van der Waals surface area (Å²) in [6.45, 7) is 1.80. The Balaban J connectivity index is 1.42. The monoisotopic (exact) mass is 491 g/mol. The van der Waals surface area contributed by atoms with E-state index in [0.29, 0.717) is 40.6 Å². The number of carbonyl (C=O) groups excluding carboxylic acids is 2. The molecule has 0 unspecified atom stereocenters. The van der Waals surface area contributed by atoms with Crippen molar-refractivity contribution in [1.82, 2.24) is 16.3 Å². The second-order valence-electron chi connectivity index (χ2n) is 7.84. The predicted molar refractivity (Wildman–Crippen MR) is 137 cm³/mol. The molecule has 0 saturated carbocycles. The number of fused-ring (bicyclic) bond motifs is 1. The van der Waals surface area contributed by atoms with Gasteiger partial charge >= 0.3 is 5.91 Å². The van der Waals surface area contributed by atoms with Crippen molar-refractivity contribution in [2.45, 2.75) is 26.2 Å². The third-order valence-corrected chi connectivity index (χ3v) is 5.69. The van der Waals surface area contributed by atoms with Gasteiger partial charge in [0.15, 0.2) is 10.9 Å². The third-order valence-electron chi connectivity index (χ3n) is 5.50. The Bertz CT molecular complexity index is 1270. The number of hydrazone groups is 1. The van der Waals surface area contributed by atoms with E-state index in [9.17, 15) is 9.59 Å². The fraction of sp³-hybridized carbons (Fsp3) is 0.200. The molecule has 10 heteroatoms. The molecule has 0 atom stereocenters. The summed E-state index contributed by atoms with van der Waals surface area (Å²) in [6.07, 6.45) is 2.23. The van der Waals surface area contributed by atoms with Crippen molar-refractivity contribution in [1.29, 1.82) is 0 Å². The maximum absolute atomic E-state index is 12.8. The molecule has 4 rings (SSSR count). The van der Waals surface area contributed by atoms with Crippen LogP contribution in [0.4, 0.5) is 5.69 Å². The van der Waals surface area contributed by atoms with E-state index >= 15 is 0 Å². The third kappa shape index (κ3) is 5.67. The minimum absolute atomic E-state index is 0.129. The average molecular weight is 492 g/mol. The molecule has 180 valence electrons. The van der Waals surface area contributed by atoms with E-state index in [0.717, 1.165) is 23.4 Å².